The van der Waals surface area contributed by atoms with Crippen LogP contribution in [0.5, 0.6) is 0 Å². The van der Waals surface area contributed by atoms with Crippen LogP contribution in [-0.4, -0.2) is 67.4 Å². The van der Waals surface area contributed by atoms with Crippen LogP contribution in [0, 0.1) is 0 Å². The van der Waals surface area contributed by atoms with Gasteiger partial charge in [-0.25, -0.2) is 14.8 Å². The summed E-state index contributed by atoms with van der Waals surface area (Å²) in [6.45, 7) is 3.68. The lowest BCUT2D eigenvalue weighted by Crippen LogP contribution is -2.19. The molecule has 0 aliphatic carbocycles. The van der Waals surface area contributed by atoms with E-state index in [1.54, 1.807) is 17.3 Å². The van der Waals surface area contributed by atoms with Crippen LogP contribution in [0.3, 0.4) is 0 Å². The van der Waals surface area contributed by atoms with Crippen LogP contribution in [-0.2, 0) is 19.0 Å². The maximum Gasteiger partial charge on any atom is 0.346 e. The Morgan fingerprint density at radius 1 is 1.03 bits per heavy atom. The molecule has 2 rings (SSSR count). The van der Waals surface area contributed by atoms with Gasteiger partial charge in [0.2, 0.25) is 0 Å². The third-order valence-electron chi connectivity index (χ3n) is 5.80. The Bertz CT molecular complexity index is 819. The van der Waals surface area contributed by atoms with Crippen LogP contribution in [0.15, 0.2) is 34.2 Å². The summed E-state index contributed by atoms with van der Waals surface area (Å²) >= 11 is 0. The lowest BCUT2D eigenvalue weighted by molar-refractivity contribution is -0.155. The maximum absolute atomic E-state index is 11.6. The molecule has 1 aliphatic heterocycles. The van der Waals surface area contributed by atoms with Crippen molar-refractivity contribution in [2.75, 3.05) is 33.9 Å². The lowest BCUT2D eigenvalue weighted by atomic mass is 10.1. The van der Waals surface area contributed by atoms with Gasteiger partial charge in [-0.05, 0) is 38.2 Å². The van der Waals surface area contributed by atoms with Crippen LogP contribution in [0.2, 0.25) is 0 Å². The first-order valence-electron chi connectivity index (χ1n) is 14.3. The van der Waals surface area contributed by atoms with Gasteiger partial charge in [0.1, 0.15) is 12.4 Å². The second kappa shape index (κ2) is 23.6. The molecule has 0 spiro atoms. The molecule has 216 valence electrons. The minimum Gasteiger partial charge on any atom is -0.460 e. The van der Waals surface area contributed by atoms with Gasteiger partial charge in [0.25, 0.3) is 0 Å². The molecular formula is C29H50N4O5. The van der Waals surface area contributed by atoms with Crippen molar-refractivity contribution >= 4 is 18.1 Å². The number of nitrogens with one attached hydrogen (secondary N) is 1. The molecule has 9 heteroatoms. The average molecular weight is 535 g/mol. The Hall–Kier alpha value is -2.52. The zero-order valence-electron chi connectivity index (χ0n) is 23.9. The zero-order chi connectivity index (χ0) is 27.7. The van der Waals surface area contributed by atoms with E-state index >= 15 is 0 Å². The summed E-state index contributed by atoms with van der Waals surface area (Å²) in [7, 11) is 3.70. The SMILES string of the molecule is CCCCCCCC/C=C/CCCCCCCC(=O)OCC1OCCO1.CN(C)/C=N/c1ccnc(=O)[nH]1. The topological polar surface area (TPSA) is 106 Å². The predicted octanol–water partition coefficient (Wildman–Crippen LogP) is 5.93. The average Bonchev–Trinajstić information content (AvgIpc) is 3.43. The number of H-pyrrole nitrogens is 1. The first-order valence-corrected chi connectivity index (χ1v) is 14.3. The fourth-order valence-corrected chi connectivity index (χ4v) is 3.69. The number of allylic oxidation sites excluding steroid dienone is 2. The van der Waals surface area contributed by atoms with E-state index < -0.39 is 0 Å². The molecule has 2 heterocycles. The number of carbonyl (C=O) groups is 1. The largest absolute Gasteiger partial charge is 0.460 e. The van der Waals surface area contributed by atoms with Gasteiger partial charge in [0, 0.05) is 26.7 Å². The molecule has 0 atom stereocenters. The van der Waals surface area contributed by atoms with Gasteiger partial charge in [0.15, 0.2) is 6.29 Å². The van der Waals surface area contributed by atoms with E-state index in [0.29, 0.717) is 25.5 Å². The van der Waals surface area contributed by atoms with Crippen molar-refractivity contribution in [1.29, 1.82) is 0 Å². The lowest BCUT2D eigenvalue weighted by Gasteiger charge is -2.09. The van der Waals surface area contributed by atoms with Crippen molar-refractivity contribution in [2.24, 2.45) is 4.99 Å². The highest BCUT2D eigenvalue weighted by Gasteiger charge is 2.17. The second-order valence-corrected chi connectivity index (χ2v) is 9.66. The van der Waals surface area contributed by atoms with E-state index in [0.717, 1.165) is 12.8 Å². The molecule has 38 heavy (non-hydrogen) atoms. The van der Waals surface area contributed by atoms with Crippen LogP contribution in [0.25, 0.3) is 0 Å². The number of ether oxygens (including phenoxy) is 3. The smallest absolute Gasteiger partial charge is 0.346 e. The summed E-state index contributed by atoms with van der Waals surface area (Å²) in [6.07, 6.45) is 24.3. The van der Waals surface area contributed by atoms with Crippen LogP contribution < -0.4 is 5.69 Å². The quantitative estimate of drug-likeness (QED) is 0.0770. The minimum absolute atomic E-state index is 0.137. The molecule has 1 aromatic rings. The Balaban J connectivity index is 0.000000499. The third-order valence-corrected chi connectivity index (χ3v) is 5.80. The molecule has 0 radical (unpaired) electrons. The van der Waals surface area contributed by atoms with Crippen molar-refractivity contribution in [3.05, 3.63) is 34.9 Å². The Kier molecular flexibility index (Phi) is 20.8. The zero-order valence-corrected chi connectivity index (χ0v) is 23.9. The number of unbranched alkanes of at least 4 members (excludes halogenated alkanes) is 11. The van der Waals surface area contributed by atoms with Gasteiger partial charge < -0.3 is 19.1 Å². The molecule has 1 saturated heterocycles. The van der Waals surface area contributed by atoms with E-state index in [2.05, 4.69) is 34.0 Å². The summed E-state index contributed by atoms with van der Waals surface area (Å²) in [6, 6.07) is 1.63. The molecule has 1 aliphatic rings. The van der Waals surface area contributed by atoms with Gasteiger partial charge in [0.05, 0.1) is 19.6 Å². The molecule has 0 bridgehead atoms. The fraction of sp³-hybridized carbons (Fsp3) is 0.724. The van der Waals surface area contributed by atoms with E-state index in [1.165, 1.54) is 76.8 Å². The molecule has 0 unspecified atom stereocenters. The number of aliphatic imine (C=N–C) groups is 1. The number of hydrogen-bond acceptors (Lipinski definition) is 7. The Labute approximate surface area is 229 Å². The number of aromatic nitrogens is 2. The first-order chi connectivity index (χ1) is 18.5. The summed E-state index contributed by atoms with van der Waals surface area (Å²) in [5.41, 5.74) is -0.386. The molecule has 0 amide bonds. The maximum atomic E-state index is 11.6. The number of hydrogen-bond donors (Lipinski definition) is 1. The molecule has 1 aromatic heterocycles. The molecule has 1 N–H and O–H groups in total. The van der Waals surface area contributed by atoms with Gasteiger partial charge in [-0.15, -0.1) is 0 Å². The van der Waals surface area contributed by atoms with E-state index in [9.17, 15) is 9.59 Å². The highest BCUT2D eigenvalue weighted by molar-refractivity contribution is 5.69. The van der Waals surface area contributed by atoms with Crippen molar-refractivity contribution in [2.45, 2.75) is 103 Å². The molecular weight excluding hydrogens is 484 g/mol. The number of aromatic amines is 1. The summed E-state index contributed by atoms with van der Waals surface area (Å²) < 4.78 is 15.6. The molecule has 9 nitrogen and oxygen atoms in total. The van der Waals surface area contributed by atoms with E-state index in [4.69, 9.17) is 14.2 Å². The van der Waals surface area contributed by atoms with Gasteiger partial charge >= 0.3 is 11.7 Å². The van der Waals surface area contributed by atoms with Crippen molar-refractivity contribution < 1.29 is 19.0 Å². The van der Waals surface area contributed by atoms with Crippen LogP contribution in [0.1, 0.15) is 96.8 Å². The summed E-state index contributed by atoms with van der Waals surface area (Å²) in [4.78, 5) is 34.0. The highest BCUT2D eigenvalue weighted by Crippen LogP contribution is 2.11. The number of rotatable bonds is 19. The van der Waals surface area contributed by atoms with Crippen LogP contribution in [0.4, 0.5) is 5.82 Å². The van der Waals surface area contributed by atoms with Gasteiger partial charge in [-0.3, -0.25) is 9.78 Å². The van der Waals surface area contributed by atoms with Crippen molar-refractivity contribution in [3.63, 3.8) is 0 Å². The van der Waals surface area contributed by atoms with Crippen LogP contribution >= 0.6 is 0 Å². The number of esters is 1. The number of nitrogens with zero attached hydrogens (tertiary/aromatic N) is 3. The standard InChI is InChI=1S/C22H40O4.C7H10N4O/c1-2-3-4-5-6-7-8-9-10-11-12-13-14-15-16-17-21(23)26-20-22-24-18-19-25-22;1-11(2)5-9-6-3-4-8-7(12)10-6/h9-10,22H,2-8,11-20H2,1H3;3-5H,1-2H3,(H,8,10,12)/b10-9+;9-5+. The normalized spacial score (nSPS) is 13.7. The molecule has 0 aromatic carbocycles. The second-order valence-electron chi connectivity index (χ2n) is 9.66. The van der Waals surface area contributed by atoms with Gasteiger partial charge in [-0.2, -0.15) is 0 Å². The Morgan fingerprint density at radius 2 is 1.63 bits per heavy atom. The number of carbonyl (C=O) groups excluding carboxylic acids is 1. The summed E-state index contributed by atoms with van der Waals surface area (Å²) in [5, 5.41) is 0. The first kappa shape index (κ1) is 33.5. The molecule has 1 fully saturated rings. The van der Waals surface area contributed by atoms with E-state index in [-0.39, 0.29) is 24.6 Å². The highest BCUT2D eigenvalue weighted by atomic mass is 16.7. The minimum atomic E-state index is -0.386. The van der Waals surface area contributed by atoms with Crippen molar-refractivity contribution in [1.82, 2.24) is 14.9 Å². The van der Waals surface area contributed by atoms with Gasteiger partial charge in [-0.1, -0.05) is 70.4 Å². The van der Waals surface area contributed by atoms with E-state index in [1.807, 2.05) is 14.1 Å². The third kappa shape index (κ3) is 20.5. The van der Waals surface area contributed by atoms with Crippen molar-refractivity contribution in [3.8, 4) is 0 Å². The predicted molar refractivity (Wildman–Crippen MR) is 153 cm³/mol. The molecule has 0 saturated carbocycles. The fourth-order valence-electron chi connectivity index (χ4n) is 3.69. The Morgan fingerprint density at radius 3 is 2.24 bits per heavy atom. The monoisotopic (exact) mass is 534 g/mol. The summed E-state index contributed by atoms with van der Waals surface area (Å²) in [5.74, 6) is 0.366.